The van der Waals surface area contributed by atoms with E-state index in [1.54, 1.807) is 13.0 Å². The molecule has 1 atom stereocenters. The minimum absolute atomic E-state index is 0.138. The molecule has 0 aliphatic rings. The van der Waals surface area contributed by atoms with Crippen molar-refractivity contribution in [2.45, 2.75) is 17.9 Å². The number of benzene rings is 1. The summed E-state index contributed by atoms with van der Waals surface area (Å²) in [6.45, 7) is 1.84. The molecule has 14 heavy (non-hydrogen) atoms. The van der Waals surface area contributed by atoms with Crippen LogP contribution in [0.4, 0.5) is 0 Å². The van der Waals surface area contributed by atoms with Crippen molar-refractivity contribution < 1.29 is 10.2 Å². The van der Waals surface area contributed by atoms with Crippen molar-refractivity contribution >= 4 is 23.4 Å². The zero-order valence-corrected chi connectivity index (χ0v) is 9.48. The maximum absolute atomic E-state index is 9.31. The van der Waals surface area contributed by atoms with E-state index in [1.165, 1.54) is 11.8 Å². The van der Waals surface area contributed by atoms with Gasteiger partial charge in [-0.05, 0) is 24.6 Å². The highest BCUT2D eigenvalue weighted by Crippen LogP contribution is 2.29. The molecule has 0 saturated heterocycles. The molecule has 0 amide bonds. The molecule has 0 unspecified atom stereocenters. The average Bonchev–Trinajstić information content (AvgIpc) is 2.15. The van der Waals surface area contributed by atoms with Gasteiger partial charge in [0.2, 0.25) is 0 Å². The Balaban J connectivity index is 2.79. The standard InChI is InChI=1S/C10H13ClO2S/c1-7(13)8-2-3-10(9(11)6-8)14-5-4-12/h2-3,6-7,12-13H,4-5H2,1H3/t7-/m0/s1. The summed E-state index contributed by atoms with van der Waals surface area (Å²) in [5.74, 6) is 0.633. The highest BCUT2D eigenvalue weighted by Gasteiger charge is 2.05. The van der Waals surface area contributed by atoms with E-state index in [1.807, 2.05) is 12.1 Å². The summed E-state index contributed by atoms with van der Waals surface area (Å²) in [6, 6.07) is 5.47. The molecule has 0 heterocycles. The van der Waals surface area contributed by atoms with Crippen LogP contribution in [0.15, 0.2) is 23.1 Å². The van der Waals surface area contributed by atoms with Crippen LogP contribution in [0.2, 0.25) is 5.02 Å². The van der Waals surface area contributed by atoms with E-state index in [9.17, 15) is 5.11 Å². The van der Waals surface area contributed by atoms with Crippen molar-refractivity contribution in [2.24, 2.45) is 0 Å². The average molecular weight is 233 g/mol. The normalized spacial score (nSPS) is 12.9. The molecule has 4 heteroatoms. The Morgan fingerprint density at radius 2 is 2.21 bits per heavy atom. The molecule has 1 aromatic carbocycles. The quantitative estimate of drug-likeness (QED) is 0.784. The largest absolute Gasteiger partial charge is 0.396 e. The van der Waals surface area contributed by atoms with Crippen LogP contribution in [0.3, 0.4) is 0 Å². The lowest BCUT2D eigenvalue weighted by Gasteiger charge is -2.08. The third kappa shape index (κ3) is 3.17. The fraction of sp³-hybridized carbons (Fsp3) is 0.400. The molecule has 2 nitrogen and oxygen atoms in total. The molecule has 2 N–H and O–H groups in total. The van der Waals surface area contributed by atoms with Gasteiger partial charge in [0.15, 0.2) is 0 Å². The number of thioether (sulfide) groups is 1. The summed E-state index contributed by atoms with van der Waals surface area (Å²) < 4.78 is 0. The molecule has 0 radical (unpaired) electrons. The van der Waals surface area contributed by atoms with Crippen LogP contribution in [-0.2, 0) is 0 Å². The first kappa shape index (κ1) is 11.9. The van der Waals surface area contributed by atoms with Crippen LogP contribution >= 0.6 is 23.4 Å². The van der Waals surface area contributed by atoms with Crippen LogP contribution in [0, 0.1) is 0 Å². The molecule has 0 saturated carbocycles. The second-order valence-electron chi connectivity index (χ2n) is 2.94. The molecule has 0 spiro atoms. The van der Waals surface area contributed by atoms with Gasteiger partial charge in [-0.15, -0.1) is 11.8 Å². The second-order valence-corrected chi connectivity index (χ2v) is 4.48. The molecular weight excluding hydrogens is 220 g/mol. The third-order valence-electron chi connectivity index (χ3n) is 1.79. The lowest BCUT2D eigenvalue weighted by molar-refractivity contribution is 0.199. The van der Waals surface area contributed by atoms with Crippen molar-refractivity contribution in [3.8, 4) is 0 Å². The van der Waals surface area contributed by atoms with Crippen LogP contribution < -0.4 is 0 Å². The summed E-state index contributed by atoms with van der Waals surface area (Å²) in [5, 5.41) is 18.6. The molecule has 1 aromatic rings. The van der Waals surface area contributed by atoms with Gasteiger partial charge in [-0.1, -0.05) is 17.7 Å². The minimum Gasteiger partial charge on any atom is -0.396 e. The Morgan fingerprint density at radius 1 is 1.50 bits per heavy atom. The maximum Gasteiger partial charge on any atom is 0.0762 e. The predicted octanol–water partition coefficient (Wildman–Crippen LogP) is 2.48. The summed E-state index contributed by atoms with van der Waals surface area (Å²) in [4.78, 5) is 0.935. The SMILES string of the molecule is C[C@H](O)c1ccc(SCCO)c(Cl)c1. The minimum atomic E-state index is -0.496. The molecule has 78 valence electrons. The maximum atomic E-state index is 9.31. The third-order valence-corrected chi connectivity index (χ3v) is 3.27. The van der Waals surface area contributed by atoms with Crippen LogP contribution in [0.1, 0.15) is 18.6 Å². The van der Waals surface area contributed by atoms with E-state index in [0.717, 1.165) is 10.5 Å². The fourth-order valence-electron chi connectivity index (χ4n) is 1.05. The smallest absolute Gasteiger partial charge is 0.0762 e. The van der Waals surface area contributed by atoms with Gasteiger partial charge in [-0.2, -0.15) is 0 Å². The lowest BCUT2D eigenvalue weighted by Crippen LogP contribution is -1.92. The molecule has 0 aliphatic carbocycles. The fourth-order valence-corrected chi connectivity index (χ4v) is 2.07. The number of aliphatic hydroxyl groups excluding tert-OH is 2. The number of hydrogen-bond donors (Lipinski definition) is 2. The molecule has 0 fully saturated rings. The van der Waals surface area contributed by atoms with Crippen molar-refractivity contribution in [2.75, 3.05) is 12.4 Å². The summed E-state index contributed by atoms with van der Waals surface area (Å²) in [6.07, 6.45) is -0.496. The highest BCUT2D eigenvalue weighted by molar-refractivity contribution is 7.99. The summed E-state index contributed by atoms with van der Waals surface area (Å²) >= 11 is 7.50. The Kier molecular flexibility index (Phi) is 4.75. The highest BCUT2D eigenvalue weighted by atomic mass is 35.5. The number of halogens is 1. The molecule has 1 rings (SSSR count). The lowest BCUT2D eigenvalue weighted by atomic mass is 10.1. The Labute approximate surface area is 92.9 Å². The summed E-state index contributed by atoms with van der Waals surface area (Å²) in [7, 11) is 0. The van der Waals surface area contributed by atoms with Gasteiger partial charge in [0.25, 0.3) is 0 Å². The summed E-state index contributed by atoms with van der Waals surface area (Å²) in [5.41, 5.74) is 0.809. The van der Waals surface area contributed by atoms with Gasteiger partial charge < -0.3 is 10.2 Å². The monoisotopic (exact) mass is 232 g/mol. The van der Waals surface area contributed by atoms with Crippen molar-refractivity contribution in [3.05, 3.63) is 28.8 Å². The number of rotatable bonds is 4. The van der Waals surface area contributed by atoms with Gasteiger partial charge in [0.05, 0.1) is 17.7 Å². The number of hydrogen-bond acceptors (Lipinski definition) is 3. The predicted molar refractivity (Wildman–Crippen MR) is 59.9 cm³/mol. The second kappa shape index (κ2) is 5.61. The molecule has 0 aromatic heterocycles. The zero-order valence-electron chi connectivity index (χ0n) is 7.90. The van der Waals surface area contributed by atoms with Gasteiger partial charge in [-0.3, -0.25) is 0 Å². The van der Waals surface area contributed by atoms with E-state index < -0.39 is 6.10 Å². The molecule has 0 bridgehead atoms. The van der Waals surface area contributed by atoms with Crippen LogP contribution in [0.25, 0.3) is 0 Å². The Morgan fingerprint density at radius 3 is 2.71 bits per heavy atom. The van der Waals surface area contributed by atoms with Crippen molar-refractivity contribution in [1.82, 2.24) is 0 Å². The first-order valence-corrected chi connectivity index (χ1v) is 5.72. The van der Waals surface area contributed by atoms with E-state index in [2.05, 4.69) is 0 Å². The van der Waals surface area contributed by atoms with Crippen molar-refractivity contribution in [1.29, 1.82) is 0 Å². The number of aliphatic hydroxyl groups is 2. The van der Waals surface area contributed by atoms with E-state index in [4.69, 9.17) is 16.7 Å². The van der Waals surface area contributed by atoms with Crippen molar-refractivity contribution in [3.63, 3.8) is 0 Å². The van der Waals surface area contributed by atoms with E-state index in [-0.39, 0.29) is 6.61 Å². The Bertz CT molecular complexity index is 302. The van der Waals surface area contributed by atoms with Gasteiger partial charge in [0.1, 0.15) is 0 Å². The zero-order chi connectivity index (χ0) is 10.6. The Hall–Kier alpha value is -0.220. The van der Waals surface area contributed by atoms with Gasteiger partial charge >= 0.3 is 0 Å². The van der Waals surface area contributed by atoms with E-state index >= 15 is 0 Å². The first-order chi connectivity index (χ1) is 6.65. The topological polar surface area (TPSA) is 40.5 Å². The molecular formula is C10H13ClO2S. The van der Waals surface area contributed by atoms with Crippen LogP contribution in [-0.4, -0.2) is 22.6 Å². The van der Waals surface area contributed by atoms with E-state index in [0.29, 0.717) is 10.8 Å². The van der Waals surface area contributed by atoms with Crippen LogP contribution in [0.5, 0.6) is 0 Å². The molecule has 0 aliphatic heterocycles. The van der Waals surface area contributed by atoms with Gasteiger partial charge in [0, 0.05) is 10.6 Å². The first-order valence-electron chi connectivity index (χ1n) is 4.36. The van der Waals surface area contributed by atoms with Gasteiger partial charge in [-0.25, -0.2) is 0 Å².